The Bertz CT molecular complexity index is 741. The van der Waals surface area contributed by atoms with Crippen molar-refractivity contribution in [3.05, 3.63) is 51.1 Å². The molecule has 0 aromatic carbocycles. The molecule has 0 amide bonds. The number of H-pyrrole nitrogens is 3. The highest BCUT2D eigenvalue weighted by Gasteiger charge is 2.18. The average molecular weight is 270 g/mol. The fourth-order valence-corrected chi connectivity index (χ4v) is 2.34. The van der Waals surface area contributed by atoms with Crippen LogP contribution in [0.1, 0.15) is 5.56 Å². The summed E-state index contributed by atoms with van der Waals surface area (Å²) in [6.07, 6.45) is 4.14. The molecule has 2 aromatic heterocycles. The van der Waals surface area contributed by atoms with E-state index in [4.69, 9.17) is 0 Å². The standard InChI is InChI=1S/C9H10N4O4S/c14-8-7(5-11-9(15)13-8)18(16,17)12-4-6-1-2-10-3-6/h1-3,5,10,12H,4H2,(H2,11,13,14,15). The second-order valence-corrected chi connectivity index (χ2v) is 5.22. The topological polar surface area (TPSA) is 128 Å². The summed E-state index contributed by atoms with van der Waals surface area (Å²) in [5.74, 6) is 0. The minimum Gasteiger partial charge on any atom is -0.367 e. The first-order valence-corrected chi connectivity index (χ1v) is 6.41. The summed E-state index contributed by atoms with van der Waals surface area (Å²) < 4.78 is 25.8. The largest absolute Gasteiger partial charge is 0.367 e. The molecule has 2 heterocycles. The van der Waals surface area contributed by atoms with Gasteiger partial charge in [-0.2, -0.15) is 0 Å². The zero-order valence-corrected chi connectivity index (χ0v) is 9.87. The minimum absolute atomic E-state index is 0.0460. The van der Waals surface area contributed by atoms with Gasteiger partial charge in [-0.15, -0.1) is 0 Å². The summed E-state index contributed by atoms with van der Waals surface area (Å²) in [6, 6.07) is 1.69. The van der Waals surface area contributed by atoms with Gasteiger partial charge in [-0.1, -0.05) is 0 Å². The molecule has 18 heavy (non-hydrogen) atoms. The van der Waals surface area contributed by atoms with Crippen molar-refractivity contribution in [3.8, 4) is 0 Å². The molecule has 0 spiro atoms. The maximum Gasteiger partial charge on any atom is 0.325 e. The van der Waals surface area contributed by atoms with Crippen molar-refractivity contribution in [2.75, 3.05) is 0 Å². The fourth-order valence-electron chi connectivity index (χ4n) is 1.32. The van der Waals surface area contributed by atoms with E-state index < -0.39 is 26.2 Å². The predicted octanol–water partition coefficient (Wildman–Crippen LogP) is -1.13. The normalized spacial score (nSPS) is 11.6. The summed E-state index contributed by atoms with van der Waals surface area (Å²) in [5.41, 5.74) is -0.996. The van der Waals surface area contributed by atoms with Gasteiger partial charge in [0, 0.05) is 25.1 Å². The van der Waals surface area contributed by atoms with Gasteiger partial charge < -0.3 is 9.97 Å². The van der Waals surface area contributed by atoms with Gasteiger partial charge in [-0.05, 0) is 11.6 Å². The van der Waals surface area contributed by atoms with E-state index in [9.17, 15) is 18.0 Å². The lowest BCUT2D eigenvalue weighted by atomic mass is 10.4. The van der Waals surface area contributed by atoms with Gasteiger partial charge in [0.2, 0.25) is 10.0 Å². The summed E-state index contributed by atoms with van der Waals surface area (Å²) in [7, 11) is -3.96. The summed E-state index contributed by atoms with van der Waals surface area (Å²) in [6.45, 7) is 0.0460. The van der Waals surface area contributed by atoms with Crippen LogP contribution in [0.4, 0.5) is 0 Å². The van der Waals surface area contributed by atoms with Crippen molar-refractivity contribution in [3.63, 3.8) is 0 Å². The van der Waals surface area contributed by atoms with E-state index in [1.165, 1.54) is 0 Å². The number of sulfonamides is 1. The maximum atomic E-state index is 11.8. The van der Waals surface area contributed by atoms with Gasteiger partial charge in [0.1, 0.15) is 0 Å². The molecule has 0 radical (unpaired) electrons. The lowest BCUT2D eigenvalue weighted by molar-refractivity contribution is 0.579. The molecular formula is C9H10N4O4S. The Morgan fingerprint density at radius 3 is 2.61 bits per heavy atom. The lowest BCUT2D eigenvalue weighted by Gasteiger charge is -2.03. The molecular weight excluding hydrogens is 260 g/mol. The number of nitrogens with one attached hydrogen (secondary N) is 4. The fraction of sp³-hybridized carbons (Fsp3) is 0.111. The molecule has 0 saturated carbocycles. The SMILES string of the molecule is O=c1[nH]cc(S(=O)(=O)NCc2cc[nH]c2)c(=O)[nH]1. The smallest absolute Gasteiger partial charge is 0.325 e. The molecule has 0 bridgehead atoms. The number of hydrogen-bond donors (Lipinski definition) is 4. The zero-order valence-electron chi connectivity index (χ0n) is 9.06. The summed E-state index contributed by atoms with van der Waals surface area (Å²) >= 11 is 0. The molecule has 2 rings (SSSR count). The van der Waals surface area contributed by atoms with E-state index in [0.717, 1.165) is 11.8 Å². The Morgan fingerprint density at radius 2 is 2.00 bits per heavy atom. The van der Waals surface area contributed by atoms with Crippen LogP contribution in [-0.4, -0.2) is 23.4 Å². The number of aromatic nitrogens is 3. The molecule has 4 N–H and O–H groups in total. The van der Waals surface area contributed by atoms with Crippen molar-refractivity contribution in [1.82, 2.24) is 19.7 Å². The van der Waals surface area contributed by atoms with Crippen molar-refractivity contribution in [2.24, 2.45) is 0 Å². The van der Waals surface area contributed by atoms with Gasteiger partial charge in [0.25, 0.3) is 5.56 Å². The van der Waals surface area contributed by atoms with Gasteiger partial charge >= 0.3 is 5.69 Å². The zero-order chi connectivity index (χ0) is 13.2. The molecule has 9 heteroatoms. The van der Waals surface area contributed by atoms with Crippen molar-refractivity contribution < 1.29 is 8.42 Å². The predicted molar refractivity (Wildman–Crippen MR) is 62.5 cm³/mol. The highest BCUT2D eigenvalue weighted by atomic mass is 32.2. The summed E-state index contributed by atoms with van der Waals surface area (Å²) in [4.78, 5) is 28.3. The van der Waals surface area contributed by atoms with E-state index in [1.54, 1.807) is 18.5 Å². The molecule has 0 aliphatic rings. The Kier molecular flexibility index (Phi) is 3.17. The summed E-state index contributed by atoms with van der Waals surface area (Å²) in [5, 5.41) is 0. The number of rotatable bonds is 4. The monoisotopic (exact) mass is 270 g/mol. The first-order chi connectivity index (χ1) is 8.49. The highest BCUT2D eigenvalue weighted by Crippen LogP contribution is 2.01. The molecule has 8 nitrogen and oxygen atoms in total. The molecule has 0 fully saturated rings. The van der Waals surface area contributed by atoms with Gasteiger partial charge in [0.15, 0.2) is 4.90 Å². The lowest BCUT2D eigenvalue weighted by Crippen LogP contribution is -2.32. The Balaban J connectivity index is 2.26. The van der Waals surface area contributed by atoms with Crippen LogP contribution >= 0.6 is 0 Å². The first-order valence-electron chi connectivity index (χ1n) is 4.92. The van der Waals surface area contributed by atoms with E-state index in [0.29, 0.717) is 0 Å². The Morgan fingerprint density at radius 1 is 1.22 bits per heavy atom. The molecule has 2 aromatic rings. The van der Waals surface area contributed by atoms with Crippen LogP contribution in [0.3, 0.4) is 0 Å². The molecule has 0 aliphatic heterocycles. The van der Waals surface area contributed by atoms with Gasteiger partial charge in [-0.25, -0.2) is 17.9 Å². The van der Waals surface area contributed by atoms with Crippen LogP contribution in [-0.2, 0) is 16.6 Å². The van der Waals surface area contributed by atoms with Crippen LogP contribution in [0.2, 0.25) is 0 Å². The molecule has 0 aliphatic carbocycles. The van der Waals surface area contributed by atoms with Gasteiger partial charge in [0.05, 0.1) is 0 Å². The van der Waals surface area contributed by atoms with E-state index in [2.05, 4.69) is 14.7 Å². The van der Waals surface area contributed by atoms with E-state index in [1.807, 2.05) is 4.98 Å². The van der Waals surface area contributed by atoms with Crippen molar-refractivity contribution in [2.45, 2.75) is 11.4 Å². The molecule has 0 atom stereocenters. The first kappa shape index (κ1) is 12.3. The van der Waals surface area contributed by atoms with E-state index in [-0.39, 0.29) is 6.54 Å². The minimum atomic E-state index is -3.96. The number of aromatic amines is 3. The van der Waals surface area contributed by atoms with Crippen molar-refractivity contribution >= 4 is 10.0 Å². The second-order valence-electron chi connectivity index (χ2n) is 3.48. The third kappa shape index (κ3) is 2.57. The van der Waals surface area contributed by atoms with Crippen LogP contribution in [0.5, 0.6) is 0 Å². The molecule has 0 saturated heterocycles. The van der Waals surface area contributed by atoms with Crippen LogP contribution < -0.4 is 16.0 Å². The molecule has 0 unspecified atom stereocenters. The third-order valence-electron chi connectivity index (χ3n) is 2.20. The second kappa shape index (κ2) is 4.63. The van der Waals surface area contributed by atoms with E-state index >= 15 is 0 Å². The number of hydrogen-bond acceptors (Lipinski definition) is 4. The highest BCUT2D eigenvalue weighted by molar-refractivity contribution is 7.89. The molecule has 96 valence electrons. The Labute approximate surface area is 101 Å². The van der Waals surface area contributed by atoms with Crippen LogP contribution in [0.25, 0.3) is 0 Å². The maximum absolute atomic E-state index is 11.8. The van der Waals surface area contributed by atoms with Crippen LogP contribution in [0, 0.1) is 0 Å². The third-order valence-corrected chi connectivity index (χ3v) is 3.61. The van der Waals surface area contributed by atoms with Gasteiger partial charge in [-0.3, -0.25) is 9.78 Å². The Hall–Kier alpha value is -2.13. The quantitative estimate of drug-likeness (QED) is 0.560. The van der Waals surface area contributed by atoms with Crippen LogP contribution in [0.15, 0.2) is 39.1 Å². The average Bonchev–Trinajstić information content (AvgIpc) is 2.78. The van der Waals surface area contributed by atoms with Crippen molar-refractivity contribution in [1.29, 1.82) is 0 Å².